The van der Waals surface area contributed by atoms with Crippen molar-refractivity contribution in [2.24, 2.45) is 4.99 Å². The number of amides is 1. The fraction of sp³-hybridized carbons (Fsp3) is 0.750. The number of nitrogens with one attached hydrogen (secondary N) is 1. The third kappa shape index (κ3) is 7.38. The lowest BCUT2D eigenvalue weighted by molar-refractivity contribution is -0.136. The van der Waals surface area contributed by atoms with Gasteiger partial charge >= 0.3 is 0 Å². The summed E-state index contributed by atoms with van der Waals surface area (Å²) in [5.74, 6) is 2.25. The minimum atomic E-state index is 0. The van der Waals surface area contributed by atoms with E-state index in [0.29, 0.717) is 19.8 Å². The monoisotopic (exact) mass is 533 g/mol. The predicted octanol–water partition coefficient (Wildman–Crippen LogP) is 0.642. The Morgan fingerprint density at radius 1 is 1.13 bits per heavy atom. The van der Waals surface area contributed by atoms with Crippen molar-refractivity contribution >= 4 is 35.8 Å². The second-order valence-electron chi connectivity index (χ2n) is 7.61. The second kappa shape index (κ2) is 13.1. The number of carbonyl (C=O) groups excluding carboxylic acids is 1. The van der Waals surface area contributed by atoms with Gasteiger partial charge in [0, 0.05) is 71.8 Å². The Hall–Kier alpha value is -1.40. The minimum absolute atomic E-state index is 0. The number of guanidine groups is 1. The van der Waals surface area contributed by atoms with Gasteiger partial charge in [-0.05, 0) is 19.8 Å². The Balaban J connectivity index is 0.00000320. The van der Waals surface area contributed by atoms with E-state index in [0.717, 1.165) is 77.0 Å². The molecule has 0 atom stereocenters. The molecule has 2 aliphatic heterocycles. The largest absolute Gasteiger partial charge is 0.378 e. The van der Waals surface area contributed by atoms with Gasteiger partial charge in [-0.3, -0.25) is 14.7 Å². The van der Waals surface area contributed by atoms with Crippen LogP contribution in [0.2, 0.25) is 0 Å². The summed E-state index contributed by atoms with van der Waals surface area (Å²) in [4.78, 5) is 27.6. The molecular weight excluding hydrogens is 497 g/mol. The Labute approximate surface area is 196 Å². The number of hydrogen-bond acceptors (Lipinski definition) is 5. The first-order valence-corrected chi connectivity index (χ1v) is 10.7. The SMILES string of the molecule is CN=C(NCCCCn1ccnc1C)N1CCN(CC(=O)N2CCOCC2)CC1.I. The van der Waals surface area contributed by atoms with Gasteiger partial charge in [0.05, 0.1) is 19.8 Å². The maximum Gasteiger partial charge on any atom is 0.236 e. The normalized spacial score (nSPS) is 18.3. The average molecular weight is 533 g/mol. The Kier molecular flexibility index (Phi) is 10.9. The van der Waals surface area contributed by atoms with Crippen LogP contribution in [-0.2, 0) is 16.1 Å². The first kappa shape index (κ1) is 24.9. The molecule has 0 spiro atoms. The number of unbranched alkanes of at least 4 members (excludes halogenated alkanes) is 1. The Morgan fingerprint density at radius 2 is 1.87 bits per heavy atom. The molecule has 9 nitrogen and oxygen atoms in total. The molecule has 2 saturated heterocycles. The molecule has 30 heavy (non-hydrogen) atoms. The molecule has 10 heteroatoms. The van der Waals surface area contributed by atoms with E-state index >= 15 is 0 Å². The summed E-state index contributed by atoms with van der Waals surface area (Å²) in [5, 5.41) is 3.48. The number of morpholine rings is 1. The van der Waals surface area contributed by atoms with Gasteiger partial charge < -0.3 is 24.4 Å². The number of halogens is 1. The van der Waals surface area contributed by atoms with E-state index in [9.17, 15) is 4.79 Å². The molecule has 3 rings (SSSR count). The third-order valence-corrected chi connectivity index (χ3v) is 5.64. The van der Waals surface area contributed by atoms with Crippen molar-refractivity contribution in [3.05, 3.63) is 18.2 Å². The van der Waals surface area contributed by atoms with Crippen LogP contribution < -0.4 is 5.32 Å². The highest BCUT2D eigenvalue weighted by Crippen LogP contribution is 2.05. The standard InChI is InChI=1S/C20H35N7O2.HI/c1-18-22-6-8-25(18)7-4-3-5-23-20(21-2)27-11-9-24(10-12-27)17-19(28)26-13-15-29-16-14-26;/h6,8H,3-5,7,9-17H2,1-2H3,(H,21,23);1H. The number of nitrogens with zero attached hydrogens (tertiary/aromatic N) is 6. The van der Waals surface area contributed by atoms with E-state index < -0.39 is 0 Å². The van der Waals surface area contributed by atoms with E-state index in [2.05, 4.69) is 29.7 Å². The van der Waals surface area contributed by atoms with Crippen LogP contribution in [0.5, 0.6) is 0 Å². The summed E-state index contributed by atoms with van der Waals surface area (Å²) >= 11 is 0. The minimum Gasteiger partial charge on any atom is -0.378 e. The zero-order valence-corrected chi connectivity index (χ0v) is 20.6. The van der Waals surface area contributed by atoms with Gasteiger partial charge in [0.1, 0.15) is 5.82 Å². The Morgan fingerprint density at radius 3 is 2.50 bits per heavy atom. The van der Waals surface area contributed by atoms with Crippen LogP contribution in [0, 0.1) is 6.92 Å². The van der Waals surface area contributed by atoms with Crippen LogP contribution in [0.1, 0.15) is 18.7 Å². The highest BCUT2D eigenvalue weighted by Gasteiger charge is 2.24. The summed E-state index contributed by atoms with van der Waals surface area (Å²) in [6, 6.07) is 0. The molecule has 0 aromatic carbocycles. The van der Waals surface area contributed by atoms with Crippen LogP contribution in [0.25, 0.3) is 0 Å². The van der Waals surface area contributed by atoms with Crippen LogP contribution in [0.4, 0.5) is 0 Å². The number of carbonyl (C=O) groups is 1. The molecule has 0 bridgehead atoms. The van der Waals surface area contributed by atoms with Crippen LogP contribution >= 0.6 is 24.0 Å². The summed E-state index contributed by atoms with van der Waals surface area (Å²) in [7, 11) is 1.84. The molecule has 1 amide bonds. The number of rotatable bonds is 7. The molecule has 170 valence electrons. The number of imidazole rings is 1. The molecule has 2 fully saturated rings. The van der Waals surface area contributed by atoms with Gasteiger partial charge in [0.2, 0.25) is 5.91 Å². The topological polar surface area (TPSA) is 78.2 Å². The number of hydrogen-bond donors (Lipinski definition) is 1. The van der Waals surface area contributed by atoms with Gasteiger partial charge in [-0.25, -0.2) is 4.98 Å². The number of ether oxygens (including phenoxy) is 1. The quantitative estimate of drug-likeness (QED) is 0.240. The molecule has 1 aromatic rings. The van der Waals surface area contributed by atoms with Gasteiger partial charge in [-0.15, -0.1) is 24.0 Å². The van der Waals surface area contributed by atoms with Crippen molar-refractivity contribution < 1.29 is 9.53 Å². The molecule has 0 saturated carbocycles. The fourth-order valence-electron chi connectivity index (χ4n) is 3.80. The fourth-order valence-corrected chi connectivity index (χ4v) is 3.80. The molecule has 3 heterocycles. The summed E-state index contributed by atoms with van der Waals surface area (Å²) in [6.07, 6.45) is 6.08. The van der Waals surface area contributed by atoms with Crippen molar-refractivity contribution in [2.75, 3.05) is 72.6 Å². The first-order chi connectivity index (χ1) is 14.2. The zero-order chi connectivity index (χ0) is 20.5. The Bertz CT molecular complexity index is 668. The highest BCUT2D eigenvalue weighted by molar-refractivity contribution is 14.0. The molecule has 1 N–H and O–H groups in total. The lowest BCUT2D eigenvalue weighted by Gasteiger charge is -2.37. The summed E-state index contributed by atoms with van der Waals surface area (Å²) < 4.78 is 7.51. The van der Waals surface area contributed by atoms with Gasteiger partial charge in [-0.2, -0.15) is 0 Å². The van der Waals surface area contributed by atoms with Crippen molar-refractivity contribution in [1.82, 2.24) is 29.6 Å². The third-order valence-electron chi connectivity index (χ3n) is 5.64. The average Bonchev–Trinajstić information content (AvgIpc) is 3.17. The van der Waals surface area contributed by atoms with Crippen LogP contribution in [0.3, 0.4) is 0 Å². The van der Waals surface area contributed by atoms with Crippen molar-refractivity contribution in [3.8, 4) is 0 Å². The lowest BCUT2D eigenvalue weighted by Crippen LogP contribution is -2.55. The van der Waals surface area contributed by atoms with Crippen molar-refractivity contribution in [1.29, 1.82) is 0 Å². The van der Waals surface area contributed by atoms with Gasteiger partial charge in [0.25, 0.3) is 0 Å². The van der Waals surface area contributed by atoms with E-state index in [4.69, 9.17) is 4.74 Å². The maximum absolute atomic E-state index is 12.4. The lowest BCUT2D eigenvalue weighted by atomic mass is 10.3. The molecular formula is C20H36IN7O2. The van der Waals surface area contributed by atoms with Crippen LogP contribution in [0.15, 0.2) is 17.4 Å². The molecule has 0 aliphatic carbocycles. The molecule has 0 unspecified atom stereocenters. The van der Waals surface area contributed by atoms with Gasteiger partial charge in [-0.1, -0.05) is 0 Å². The van der Waals surface area contributed by atoms with Crippen molar-refractivity contribution in [3.63, 3.8) is 0 Å². The summed E-state index contributed by atoms with van der Waals surface area (Å²) in [5.41, 5.74) is 0. The molecule has 1 aromatic heterocycles. The van der Waals surface area contributed by atoms with E-state index in [1.807, 2.05) is 31.3 Å². The maximum atomic E-state index is 12.4. The predicted molar refractivity (Wildman–Crippen MR) is 128 cm³/mol. The molecule has 0 radical (unpaired) electrons. The number of aromatic nitrogens is 2. The van der Waals surface area contributed by atoms with E-state index in [1.165, 1.54) is 0 Å². The molecule has 2 aliphatic rings. The highest BCUT2D eigenvalue weighted by atomic mass is 127. The van der Waals surface area contributed by atoms with E-state index in [-0.39, 0.29) is 29.9 Å². The van der Waals surface area contributed by atoms with Crippen LogP contribution in [-0.4, -0.2) is 109 Å². The first-order valence-electron chi connectivity index (χ1n) is 10.7. The summed E-state index contributed by atoms with van der Waals surface area (Å²) in [6.45, 7) is 10.8. The number of aliphatic imine (C=N–C) groups is 1. The van der Waals surface area contributed by atoms with E-state index in [1.54, 1.807) is 0 Å². The number of piperazine rings is 1. The van der Waals surface area contributed by atoms with Crippen molar-refractivity contribution in [2.45, 2.75) is 26.3 Å². The smallest absolute Gasteiger partial charge is 0.236 e. The second-order valence-corrected chi connectivity index (χ2v) is 7.61. The zero-order valence-electron chi connectivity index (χ0n) is 18.3. The van der Waals surface area contributed by atoms with Gasteiger partial charge in [0.15, 0.2) is 5.96 Å². The number of aryl methyl sites for hydroxylation is 2.